The number of aliphatic hydroxyl groups is 1. The number of amides is 1. The Labute approximate surface area is 130 Å². The van der Waals surface area contributed by atoms with Crippen LogP contribution in [0.5, 0.6) is 0 Å². The monoisotopic (exact) mass is 302 g/mol. The van der Waals surface area contributed by atoms with Gasteiger partial charge in [-0.2, -0.15) is 0 Å². The molecule has 5 nitrogen and oxygen atoms in total. The zero-order valence-corrected chi connectivity index (χ0v) is 13.2. The van der Waals surface area contributed by atoms with E-state index in [1.165, 1.54) is 0 Å². The Hall–Kier alpha value is -2.14. The largest absolute Gasteiger partial charge is 0.395 e. The third kappa shape index (κ3) is 3.54. The van der Waals surface area contributed by atoms with E-state index in [1.807, 2.05) is 51.1 Å². The van der Waals surface area contributed by atoms with Gasteiger partial charge < -0.3 is 14.5 Å². The molecule has 0 saturated carbocycles. The van der Waals surface area contributed by atoms with Crippen LogP contribution in [0, 0.1) is 13.8 Å². The minimum atomic E-state index is -0.346. The van der Waals surface area contributed by atoms with E-state index in [4.69, 9.17) is 4.52 Å². The Balaban J connectivity index is 2.19. The van der Waals surface area contributed by atoms with Gasteiger partial charge in [0, 0.05) is 18.7 Å². The summed E-state index contributed by atoms with van der Waals surface area (Å²) in [5.41, 5.74) is 2.61. The Morgan fingerprint density at radius 2 is 2.00 bits per heavy atom. The van der Waals surface area contributed by atoms with Crippen molar-refractivity contribution in [2.75, 3.05) is 13.2 Å². The van der Waals surface area contributed by atoms with Crippen LogP contribution in [0.4, 0.5) is 0 Å². The van der Waals surface area contributed by atoms with E-state index < -0.39 is 0 Å². The fourth-order valence-corrected chi connectivity index (χ4v) is 2.70. The van der Waals surface area contributed by atoms with Gasteiger partial charge in [-0.15, -0.1) is 0 Å². The molecule has 0 aliphatic carbocycles. The van der Waals surface area contributed by atoms with Gasteiger partial charge in [0.2, 0.25) is 5.91 Å². The molecule has 0 radical (unpaired) electrons. The molecule has 118 valence electrons. The van der Waals surface area contributed by atoms with Crippen LogP contribution in [-0.4, -0.2) is 34.2 Å². The van der Waals surface area contributed by atoms with Crippen molar-refractivity contribution in [3.05, 3.63) is 52.9 Å². The van der Waals surface area contributed by atoms with E-state index in [9.17, 15) is 9.90 Å². The van der Waals surface area contributed by atoms with E-state index in [0.29, 0.717) is 18.8 Å². The number of carbonyl (C=O) groups excluding carboxylic acids is 1. The first kappa shape index (κ1) is 16.2. The van der Waals surface area contributed by atoms with E-state index in [-0.39, 0.29) is 18.4 Å². The lowest BCUT2D eigenvalue weighted by Crippen LogP contribution is -2.36. The molecule has 1 unspecified atom stereocenters. The molecule has 1 amide bonds. The molecule has 1 aromatic carbocycles. The van der Waals surface area contributed by atoms with Crippen LogP contribution >= 0.6 is 0 Å². The SMILES string of the molecule is Cc1noc(C)c1C(C)C(=O)N(CCO)Cc1ccccc1. The predicted molar refractivity (Wildman–Crippen MR) is 83.3 cm³/mol. The molecule has 22 heavy (non-hydrogen) atoms. The molecule has 1 atom stereocenters. The summed E-state index contributed by atoms with van der Waals surface area (Å²) in [5.74, 6) is 0.288. The first-order chi connectivity index (χ1) is 10.5. The Morgan fingerprint density at radius 3 is 2.55 bits per heavy atom. The maximum absolute atomic E-state index is 12.8. The third-order valence-electron chi connectivity index (χ3n) is 3.79. The predicted octanol–water partition coefficient (Wildman–Crippen LogP) is 2.42. The molecule has 0 bridgehead atoms. The van der Waals surface area contributed by atoms with Gasteiger partial charge >= 0.3 is 0 Å². The molecular weight excluding hydrogens is 280 g/mol. The van der Waals surface area contributed by atoms with Crippen molar-refractivity contribution in [3.63, 3.8) is 0 Å². The highest BCUT2D eigenvalue weighted by atomic mass is 16.5. The minimum Gasteiger partial charge on any atom is -0.395 e. The summed E-state index contributed by atoms with van der Waals surface area (Å²) in [7, 11) is 0. The van der Waals surface area contributed by atoms with Crippen molar-refractivity contribution in [1.82, 2.24) is 10.1 Å². The van der Waals surface area contributed by atoms with Gasteiger partial charge in [-0.25, -0.2) is 0 Å². The highest BCUT2D eigenvalue weighted by Crippen LogP contribution is 2.25. The number of carbonyl (C=O) groups is 1. The number of benzene rings is 1. The van der Waals surface area contributed by atoms with Crippen LogP contribution in [0.15, 0.2) is 34.9 Å². The van der Waals surface area contributed by atoms with Crippen molar-refractivity contribution >= 4 is 5.91 Å². The number of hydrogen-bond acceptors (Lipinski definition) is 4. The second kappa shape index (κ2) is 7.22. The summed E-state index contributed by atoms with van der Waals surface area (Å²) in [4.78, 5) is 14.5. The molecule has 5 heteroatoms. The quantitative estimate of drug-likeness (QED) is 0.890. The van der Waals surface area contributed by atoms with E-state index >= 15 is 0 Å². The molecule has 0 spiro atoms. The zero-order chi connectivity index (χ0) is 16.1. The van der Waals surface area contributed by atoms with Crippen molar-refractivity contribution in [2.45, 2.75) is 33.2 Å². The fourth-order valence-electron chi connectivity index (χ4n) is 2.70. The van der Waals surface area contributed by atoms with Crippen LogP contribution in [0.1, 0.15) is 35.4 Å². The van der Waals surface area contributed by atoms with Crippen LogP contribution in [0.2, 0.25) is 0 Å². The summed E-state index contributed by atoms with van der Waals surface area (Å²) in [6.07, 6.45) is 0. The van der Waals surface area contributed by atoms with Gasteiger partial charge in [0.05, 0.1) is 18.2 Å². The lowest BCUT2D eigenvalue weighted by Gasteiger charge is -2.25. The average Bonchev–Trinajstić information content (AvgIpc) is 2.85. The molecule has 0 saturated heterocycles. The van der Waals surface area contributed by atoms with Crippen LogP contribution < -0.4 is 0 Å². The summed E-state index contributed by atoms with van der Waals surface area (Å²) in [6, 6.07) is 9.76. The molecule has 0 aliphatic rings. The van der Waals surface area contributed by atoms with Gasteiger partial charge in [0.15, 0.2) is 0 Å². The maximum Gasteiger partial charge on any atom is 0.230 e. The van der Waals surface area contributed by atoms with Crippen molar-refractivity contribution < 1.29 is 14.4 Å². The third-order valence-corrected chi connectivity index (χ3v) is 3.79. The van der Waals surface area contributed by atoms with Gasteiger partial charge in [0.1, 0.15) is 5.76 Å². The molecule has 1 heterocycles. The summed E-state index contributed by atoms with van der Waals surface area (Å²) in [5, 5.41) is 13.2. The number of nitrogens with zero attached hydrogens (tertiary/aromatic N) is 2. The number of rotatable bonds is 6. The van der Waals surface area contributed by atoms with Crippen molar-refractivity contribution in [1.29, 1.82) is 0 Å². The lowest BCUT2D eigenvalue weighted by molar-refractivity contribution is -0.133. The van der Waals surface area contributed by atoms with Gasteiger partial charge in [-0.05, 0) is 26.3 Å². The highest BCUT2D eigenvalue weighted by molar-refractivity contribution is 5.83. The van der Waals surface area contributed by atoms with E-state index in [0.717, 1.165) is 16.8 Å². The van der Waals surface area contributed by atoms with Crippen molar-refractivity contribution in [2.24, 2.45) is 0 Å². The van der Waals surface area contributed by atoms with Crippen LogP contribution in [0.3, 0.4) is 0 Å². The highest BCUT2D eigenvalue weighted by Gasteiger charge is 2.26. The summed E-state index contributed by atoms with van der Waals surface area (Å²) in [6.45, 7) is 6.22. The second-order valence-corrected chi connectivity index (χ2v) is 5.43. The first-order valence-corrected chi connectivity index (χ1v) is 7.41. The molecule has 2 rings (SSSR count). The van der Waals surface area contributed by atoms with E-state index in [1.54, 1.807) is 4.90 Å². The number of aromatic nitrogens is 1. The number of aliphatic hydroxyl groups excluding tert-OH is 1. The van der Waals surface area contributed by atoms with Crippen LogP contribution in [0.25, 0.3) is 0 Å². The molecular formula is C17H22N2O3. The van der Waals surface area contributed by atoms with Crippen LogP contribution in [-0.2, 0) is 11.3 Å². The smallest absolute Gasteiger partial charge is 0.230 e. The average molecular weight is 302 g/mol. The summed E-state index contributed by atoms with van der Waals surface area (Å²) >= 11 is 0. The second-order valence-electron chi connectivity index (χ2n) is 5.43. The van der Waals surface area contributed by atoms with E-state index in [2.05, 4.69) is 5.16 Å². The molecule has 1 N–H and O–H groups in total. The lowest BCUT2D eigenvalue weighted by atomic mass is 9.97. The minimum absolute atomic E-state index is 0.0349. The van der Waals surface area contributed by atoms with Gasteiger partial charge in [-0.3, -0.25) is 4.79 Å². The molecule has 0 aliphatic heterocycles. The Bertz CT molecular complexity index is 603. The molecule has 0 fully saturated rings. The van der Waals surface area contributed by atoms with Crippen molar-refractivity contribution in [3.8, 4) is 0 Å². The number of aryl methyl sites for hydroxylation is 2. The van der Waals surface area contributed by atoms with Gasteiger partial charge in [-0.1, -0.05) is 35.5 Å². The number of hydrogen-bond donors (Lipinski definition) is 1. The molecule has 2 aromatic rings. The maximum atomic E-state index is 12.8. The summed E-state index contributed by atoms with van der Waals surface area (Å²) < 4.78 is 5.15. The normalized spacial score (nSPS) is 12.2. The topological polar surface area (TPSA) is 66.6 Å². The Kier molecular flexibility index (Phi) is 5.33. The van der Waals surface area contributed by atoms with Gasteiger partial charge in [0.25, 0.3) is 0 Å². The first-order valence-electron chi connectivity index (χ1n) is 7.41. The fraction of sp³-hybridized carbons (Fsp3) is 0.412. The molecule has 1 aromatic heterocycles. The Morgan fingerprint density at radius 1 is 1.32 bits per heavy atom. The zero-order valence-electron chi connectivity index (χ0n) is 13.2. The standard InChI is InChI=1S/C17H22N2O3/c1-12(16-13(2)18-22-14(16)3)17(21)19(9-10-20)11-15-7-5-4-6-8-15/h4-8,12,20H,9-11H2,1-3H3.